The van der Waals surface area contributed by atoms with Gasteiger partial charge in [-0.1, -0.05) is 18.5 Å². The molecule has 0 aliphatic rings. The van der Waals surface area contributed by atoms with E-state index in [9.17, 15) is 9.59 Å². The molecule has 20 heavy (non-hydrogen) atoms. The lowest BCUT2D eigenvalue weighted by molar-refractivity contribution is -0.119. The average molecular weight is 299 g/mol. The molecular formula is C14H19ClN2O3. The van der Waals surface area contributed by atoms with Crippen molar-refractivity contribution in [1.82, 2.24) is 0 Å². The van der Waals surface area contributed by atoms with Crippen LogP contribution in [0.2, 0.25) is 5.02 Å². The summed E-state index contributed by atoms with van der Waals surface area (Å²) in [5, 5.41) is 3.14. The molecule has 0 heterocycles. The normalized spacial score (nSPS) is 11.8. The number of halogens is 1. The third kappa shape index (κ3) is 4.51. The minimum atomic E-state index is -0.522. The highest BCUT2D eigenvalue weighted by atomic mass is 35.5. The summed E-state index contributed by atoms with van der Waals surface area (Å²) in [6, 6.07) is 4.62. The van der Waals surface area contributed by atoms with Crippen molar-refractivity contribution in [2.24, 2.45) is 11.7 Å². The standard InChI is InChI=1S/C14H19ClN2O3/c1-9(4-3-7-16)13(18)17-12-8-10(15)5-6-11(12)14(19)20-2/h5-6,8-9H,3-4,7,16H2,1-2H3,(H,17,18). The van der Waals surface area contributed by atoms with Crippen molar-refractivity contribution in [3.8, 4) is 0 Å². The number of hydrogen-bond donors (Lipinski definition) is 2. The van der Waals surface area contributed by atoms with Crippen molar-refractivity contribution in [2.75, 3.05) is 19.0 Å². The second kappa shape index (κ2) is 7.87. The molecule has 1 amide bonds. The molecule has 0 aliphatic heterocycles. The van der Waals surface area contributed by atoms with E-state index in [4.69, 9.17) is 17.3 Å². The number of anilines is 1. The van der Waals surface area contributed by atoms with Crippen molar-refractivity contribution in [1.29, 1.82) is 0 Å². The van der Waals surface area contributed by atoms with Crippen LogP contribution in [0, 0.1) is 5.92 Å². The van der Waals surface area contributed by atoms with E-state index in [1.54, 1.807) is 6.07 Å². The Morgan fingerprint density at radius 1 is 1.45 bits per heavy atom. The fourth-order valence-corrected chi connectivity index (χ4v) is 1.89. The van der Waals surface area contributed by atoms with Gasteiger partial charge in [0.1, 0.15) is 0 Å². The Labute approximate surface area is 123 Å². The first-order chi connectivity index (χ1) is 9.49. The van der Waals surface area contributed by atoms with E-state index in [-0.39, 0.29) is 17.4 Å². The summed E-state index contributed by atoms with van der Waals surface area (Å²) in [5.74, 6) is -0.888. The van der Waals surface area contributed by atoms with Crippen molar-refractivity contribution < 1.29 is 14.3 Å². The number of nitrogens with one attached hydrogen (secondary N) is 1. The molecule has 0 radical (unpaired) electrons. The highest BCUT2D eigenvalue weighted by molar-refractivity contribution is 6.31. The van der Waals surface area contributed by atoms with Gasteiger partial charge in [0, 0.05) is 10.9 Å². The monoisotopic (exact) mass is 298 g/mol. The highest BCUT2D eigenvalue weighted by Gasteiger charge is 2.17. The molecule has 0 saturated heterocycles. The first-order valence-corrected chi connectivity index (χ1v) is 6.76. The molecule has 0 spiro atoms. The Hall–Kier alpha value is -1.59. The zero-order valence-electron chi connectivity index (χ0n) is 11.6. The van der Waals surface area contributed by atoms with Gasteiger partial charge in [-0.25, -0.2) is 4.79 Å². The van der Waals surface area contributed by atoms with Crippen LogP contribution in [0.15, 0.2) is 18.2 Å². The maximum atomic E-state index is 12.0. The summed E-state index contributed by atoms with van der Waals surface area (Å²) in [4.78, 5) is 23.7. The van der Waals surface area contributed by atoms with Gasteiger partial charge in [-0.3, -0.25) is 4.79 Å². The quantitative estimate of drug-likeness (QED) is 0.790. The topological polar surface area (TPSA) is 81.4 Å². The van der Waals surface area contributed by atoms with E-state index in [0.717, 1.165) is 6.42 Å². The Bertz CT molecular complexity index is 491. The van der Waals surface area contributed by atoms with Crippen LogP contribution in [0.1, 0.15) is 30.1 Å². The SMILES string of the molecule is COC(=O)c1ccc(Cl)cc1NC(=O)C(C)CCCN. The van der Waals surface area contributed by atoms with Crippen LogP contribution in [-0.2, 0) is 9.53 Å². The number of esters is 1. The predicted octanol–water partition coefficient (Wildman–Crippen LogP) is 2.44. The van der Waals surface area contributed by atoms with Gasteiger partial charge in [0.25, 0.3) is 0 Å². The predicted molar refractivity (Wildman–Crippen MR) is 78.9 cm³/mol. The Kier molecular flexibility index (Phi) is 6.48. The number of carbonyl (C=O) groups excluding carboxylic acids is 2. The van der Waals surface area contributed by atoms with Crippen LogP contribution in [-0.4, -0.2) is 25.5 Å². The van der Waals surface area contributed by atoms with Crippen LogP contribution < -0.4 is 11.1 Å². The summed E-state index contributed by atoms with van der Waals surface area (Å²) in [7, 11) is 1.28. The van der Waals surface area contributed by atoms with E-state index in [1.807, 2.05) is 6.92 Å². The smallest absolute Gasteiger partial charge is 0.339 e. The summed E-state index contributed by atoms with van der Waals surface area (Å²) >= 11 is 5.89. The molecule has 110 valence electrons. The van der Waals surface area contributed by atoms with Gasteiger partial charge in [-0.15, -0.1) is 0 Å². The van der Waals surface area contributed by atoms with E-state index in [0.29, 0.717) is 23.7 Å². The number of nitrogens with two attached hydrogens (primary N) is 1. The first-order valence-electron chi connectivity index (χ1n) is 6.38. The molecule has 0 aromatic heterocycles. The molecule has 3 N–H and O–H groups in total. The molecule has 1 aromatic rings. The summed E-state index contributed by atoms with van der Waals surface area (Å²) in [5.41, 5.74) is 6.05. The van der Waals surface area contributed by atoms with E-state index >= 15 is 0 Å². The van der Waals surface area contributed by atoms with Gasteiger partial charge in [0.15, 0.2) is 0 Å². The Balaban J connectivity index is 2.87. The molecule has 0 aliphatic carbocycles. The third-order valence-corrected chi connectivity index (χ3v) is 3.17. The number of carbonyl (C=O) groups is 2. The number of hydrogen-bond acceptors (Lipinski definition) is 4. The highest BCUT2D eigenvalue weighted by Crippen LogP contribution is 2.23. The first kappa shape index (κ1) is 16.5. The minimum absolute atomic E-state index is 0.175. The lowest BCUT2D eigenvalue weighted by Crippen LogP contribution is -2.22. The molecule has 1 rings (SSSR count). The van der Waals surface area contributed by atoms with Crippen molar-refractivity contribution in [3.63, 3.8) is 0 Å². The van der Waals surface area contributed by atoms with Gasteiger partial charge in [0.2, 0.25) is 5.91 Å². The number of benzene rings is 1. The molecule has 5 nitrogen and oxygen atoms in total. The fourth-order valence-electron chi connectivity index (χ4n) is 1.72. The molecular weight excluding hydrogens is 280 g/mol. The molecule has 6 heteroatoms. The van der Waals surface area contributed by atoms with Gasteiger partial charge >= 0.3 is 5.97 Å². The van der Waals surface area contributed by atoms with Gasteiger partial charge in [-0.2, -0.15) is 0 Å². The van der Waals surface area contributed by atoms with Crippen LogP contribution in [0.5, 0.6) is 0 Å². The second-order valence-electron chi connectivity index (χ2n) is 4.50. The van der Waals surface area contributed by atoms with Crippen LogP contribution in [0.25, 0.3) is 0 Å². The van der Waals surface area contributed by atoms with Crippen molar-refractivity contribution >= 4 is 29.2 Å². The largest absolute Gasteiger partial charge is 0.465 e. The third-order valence-electron chi connectivity index (χ3n) is 2.93. The van der Waals surface area contributed by atoms with Crippen molar-refractivity contribution in [2.45, 2.75) is 19.8 Å². The molecule has 1 unspecified atom stereocenters. The molecule has 1 aromatic carbocycles. The Morgan fingerprint density at radius 3 is 2.75 bits per heavy atom. The molecule has 0 bridgehead atoms. The van der Waals surface area contributed by atoms with Crippen LogP contribution in [0.3, 0.4) is 0 Å². The van der Waals surface area contributed by atoms with E-state index < -0.39 is 5.97 Å². The van der Waals surface area contributed by atoms with E-state index in [1.165, 1.54) is 19.2 Å². The molecule has 0 saturated carbocycles. The summed E-state index contributed by atoms with van der Waals surface area (Å²) < 4.78 is 4.67. The Morgan fingerprint density at radius 2 is 2.15 bits per heavy atom. The number of methoxy groups -OCH3 is 1. The maximum Gasteiger partial charge on any atom is 0.339 e. The average Bonchev–Trinajstić information content (AvgIpc) is 2.44. The maximum absolute atomic E-state index is 12.0. The zero-order valence-corrected chi connectivity index (χ0v) is 12.4. The summed E-state index contributed by atoms with van der Waals surface area (Å²) in [6.45, 7) is 2.36. The lowest BCUT2D eigenvalue weighted by atomic mass is 10.0. The fraction of sp³-hybridized carbons (Fsp3) is 0.429. The number of amides is 1. The molecule has 1 atom stereocenters. The van der Waals surface area contributed by atoms with Crippen LogP contribution >= 0.6 is 11.6 Å². The lowest BCUT2D eigenvalue weighted by Gasteiger charge is -2.14. The van der Waals surface area contributed by atoms with Gasteiger partial charge in [-0.05, 0) is 37.6 Å². The van der Waals surface area contributed by atoms with E-state index in [2.05, 4.69) is 10.1 Å². The summed E-state index contributed by atoms with van der Waals surface area (Å²) in [6.07, 6.45) is 1.46. The number of ether oxygens (including phenoxy) is 1. The molecule has 0 fully saturated rings. The minimum Gasteiger partial charge on any atom is -0.465 e. The van der Waals surface area contributed by atoms with Crippen LogP contribution in [0.4, 0.5) is 5.69 Å². The zero-order chi connectivity index (χ0) is 15.1. The van der Waals surface area contributed by atoms with Crippen molar-refractivity contribution in [3.05, 3.63) is 28.8 Å². The second-order valence-corrected chi connectivity index (χ2v) is 4.94. The van der Waals surface area contributed by atoms with Gasteiger partial charge < -0.3 is 15.8 Å². The van der Waals surface area contributed by atoms with Gasteiger partial charge in [0.05, 0.1) is 18.4 Å². The number of rotatable bonds is 6.